The van der Waals surface area contributed by atoms with E-state index >= 15 is 0 Å². The molecule has 0 aromatic heterocycles. The second-order valence-corrected chi connectivity index (χ2v) is 7.67. The molecule has 0 spiro atoms. The van der Waals surface area contributed by atoms with Crippen molar-refractivity contribution in [2.45, 2.75) is 51.4 Å². The molecule has 2 saturated heterocycles. The number of carboxylic acids is 1. The third-order valence-electron chi connectivity index (χ3n) is 4.08. The van der Waals surface area contributed by atoms with Gasteiger partial charge in [-0.3, -0.25) is 4.90 Å². The summed E-state index contributed by atoms with van der Waals surface area (Å²) < 4.78 is 0. The topological polar surface area (TPSA) is 60.9 Å². The summed E-state index contributed by atoms with van der Waals surface area (Å²) in [6, 6.07) is -0.765. The van der Waals surface area contributed by atoms with E-state index in [1.807, 2.05) is 4.90 Å². The predicted molar refractivity (Wildman–Crippen MR) is 79.8 cm³/mol. The second kappa shape index (κ2) is 5.84. The number of carbonyl (C=O) groups excluding carboxylic acids is 1. The number of rotatable bonds is 3. The van der Waals surface area contributed by atoms with Crippen LogP contribution in [0.3, 0.4) is 0 Å². The van der Waals surface area contributed by atoms with Crippen LogP contribution in [0, 0.1) is 5.41 Å². The Morgan fingerprint density at radius 2 is 2.10 bits per heavy atom. The maximum Gasteiger partial charge on any atom is 0.327 e. The van der Waals surface area contributed by atoms with Gasteiger partial charge in [0, 0.05) is 18.8 Å². The maximum absolute atomic E-state index is 12.7. The number of carboxylic acid groups (broad SMARTS) is 1. The highest BCUT2D eigenvalue weighted by Gasteiger charge is 2.44. The van der Waals surface area contributed by atoms with Gasteiger partial charge in [0.1, 0.15) is 6.04 Å². The molecule has 2 aliphatic rings. The first-order chi connectivity index (χ1) is 9.35. The number of aliphatic carboxylic acids is 1. The number of nitrogens with zero attached hydrogens (tertiary/aromatic N) is 2. The van der Waals surface area contributed by atoms with Gasteiger partial charge >= 0.3 is 12.0 Å². The van der Waals surface area contributed by atoms with Crippen molar-refractivity contribution >= 4 is 23.8 Å². The molecule has 0 aromatic carbocycles. The van der Waals surface area contributed by atoms with Crippen LogP contribution in [0.1, 0.15) is 40.0 Å². The molecular formula is C14H24N2O3S. The van der Waals surface area contributed by atoms with E-state index in [1.54, 1.807) is 16.7 Å². The van der Waals surface area contributed by atoms with Crippen molar-refractivity contribution < 1.29 is 14.7 Å². The zero-order valence-corrected chi connectivity index (χ0v) is 13.3. The van der Waals surface area contributed by atoms with Gasteiger partial charge in [-0.25, -0.2) is 9.59 Å². The second-order valence-electron chi connectivity index (χ2n) is 6.46. The lowest BCUT2D eigenvalue weighted by molar-refractivity contribution is -0.141. The highest BCUT2D eigenvalue weighted by atomic mass is 32.2. The van der Waals surface area contributed by atoms with Crippen LogP contribution in [-0.4, -0.2) is 57.2 Å². The number of thioether (sulfide) groups is 1. The lowest BCUT2D eigenvalue weighted by Gasteiger charge is -2.32. The lowest BCUT2D eigenvalue weighted by Crippen LogP contribution is -2.51. The van der Waals surface area contributed by atoms with E-state index in [-0.39, 0.29) is 16.8 Å². The fourth-order valence-electron chi connectivity index (χ4n) is 2.92. The van der Waals surface area contributed by atoms with E-state index in [1.165, 1.54) is 0 Å². The van der Waals surface area contributed by atoms with Crippen molar-refractivity contribution in [1.82, 2.24) is 9.80 Å². The molecule has 5 nitrogen and oxygen atoms in total. The highest BCUT2D eigenvalue weighted by molar-refractivity contribution is 8.00. The van der Waals surface area contributed by atoms with Crippen LogP contribution in [0.4, 0.5) is 4.79 Å². The minimum Gasteiger partial charge on any atom is -0.480 e. The van der Waals surface area contributed by atoms with Gasteiger partial charge in [-0.1, -0.05) is 27.2 Å². The van der Waals surface area contributed by atoms with Gasteiger partial charge in [0.05, 0.1) is 5.37 Å². The molecule has 20 heavy (non-hydrogen) atoms. The van der Waals surface area contributed by atoms with Gasteiger partial charge in [0.2, 0.25) is 0 Å². The van der Waals surface area contributed by atoms with Gasteiger partial charge in [-0.15, -0.1) is 11.8 Å². The molecule has 0 saturated carbocycles. The molecule has 2 atom stereocenters. The molecule has 114 valence electrons. The highest BCUT2D eigenvalue weighted by Crippen LogP contribution is 2.36. The zero-order chi connectivity index (χ0) is 14.9. The number of hydrogen-bond donors (Lipinski definition) is 1. The molecule has 0 aromatic rings. The Kier molecular flexibility index (Phi) is 4.52. The third-order valence-corrected chi connectivity index (χ3v) is 5.44. The minimum absolute atomic E-state index is 0.0114. The molecule has 2 unspecified atom stereocenters. The number of urea groups is 1. The molecule has 0 radical (unpaired) electrons. The van der Waals surface area contributed by atoms with E-state index < -0.39 is 12.0 Å². The van der Waals surface area contributed by atoms with Crippen molar-refractivity contribution in [2.75, 3.05) is 18.8 Å². The van der Waals surface area contributed by atoms with E-state index in [9.17, 15) is 14.7 Å². The Morgan fingerprint density at radius 3 is 2.60 bits per heavy atom. The Morgan fingerprint density at radius 1 is 1.40 bits per heavy atom. The standard InChI is InChI=1S/C14H24N2O3S/c1-4-5-11-16(10(8-20-11)12(17)18)13(19)15-7-6-14(2,3)9-15/h10-11H,4-9H2,1-3H3,(H,17,18). The summed E-state index contributed by atoms with van der Waals surface area (Å²) in [4.78, 5) is 27.5. The average Bonchev–Trinajstić information content (AvgIpc) is 2.92. The van der Waals surface area contributed by atoms with Crippen molar-refractivity contribution in [1.29, 1.82) is 0 Å². The Balaban J connectivity index is 2.13. The summed E-state index contributed by atoms with van der Waals surface area (Å²) in [5.41, 5.74) is 0.140. The SMILES string of the molecule is CCCC1SCC(C(=O)O)N1C(=O)N1CCC(C)(C)C1. The molecule has 2 aliphatic heterocycles. The molecule has 2 heterocycles. The molecular weight excluding hydrogens is 276 g/mol. The third kappa shape index (κ3) is 3.05. The van der Waals surface area contributed by atoms with Gasteiger partial charge in [0.25, 0.3) is 0 Å². The van der Waals surface area contributed by atoms with Crippen LogP contribution in [0.5, 0.6) is 0 Å². The summed E-state index contributed by atoms with van der Waals surface area (Å²) in [7, 11) is 0. The molecule has 2 rings (SSSR count). The molecule has 2 amide bonds. The fourth-order valence-corrected chi connectivity index (χ4v) is 4.43. The van der Waals surface area contributed by atoms with Crippen LogP contribution in [0.15, 0.2) is 0 Å². The van der Waals surface area contributed by atoms with Crippen molar-refractivity contribution in [3.63, 3.8) is 0 Å². The van der Waals surface area contributed by atoms with Crippen molar-refractivity contribution in [3.05, 3.63) is 0 Å². The Bertz CT molecular complexity index is 400. The van der Waals surface area contributed by atoms with Gasteiger partial charge in [-0.05, 0) is 18.3 Å². The van der Waals surface area contributed by atoms with Crippen LogP contribution < -0.4 is 0 Å². The van der Waals surface area contributed by atoms with Gasteiger partial charge in [-0.2, -0.15) is 0 Å². The molecule has 6 heteroatoms. The van der Waals surface area contributed by atoms with Gasteiger partial charge < -0.3 is 10.0 Å². The van der Waals surface area contributed by atoms with Crippen LogP contribution >= 0.6 is 11.8 Å². The van der Waals surface area contributed by atoms with Crippen LogP contribution in [0.25, 0.3) is 0 Å². The Hall–Kier alpha value is -0.910. The number of hydrogen-bond acceptors (Lipinski definition) is 3. The summed E-state index contributed by atoms with van der Waals surface area (Å²) in [5, 5.41) is 9.35. The first kappa shape index (κ1) is 15.5. The van der Waals surface area contributed by atoms with Gasteiger partial charge in [0.15, 0.2) is 0 Å². The smallest absolute Gasteiger partial charge is 0.327 e. The minimum atomic E-state index is -0.886. The quantitative estimate of drug-likeness (QED) is 0.870. The Labute approximate surface area is 124 Å². The summed E-state index contributed by atoms with van der Waals surface area (Å²) in [6.07, 6.45) is 2.80. The van der Waals surface area contributed by atoms with E-state index in [0.717, 1.165) is 32.4 Å². The van der Waals surface area contributed by atoms with Crippen LogP contribution in [0.2, 0.25) is 0 Å². The van der Waals surface area contributed by atoms with Crippen molar-refractivity contribution in [2.24, 2.45) is 5.41 Å². The predicted octanol–water partition coefficient (Wildman–Crippen LogP) is 2.47. The summed E-state index contributed by atoms with van der Waals surface area (Å²) in [5.74, 6) is -0.383. The lowest BCUT2D eigenvalue weighted by atomic mass is 9.93. The summed E-state index contributed by atoms with van der Waals surface area (Å²) >= 11 is 1.60. The molecule has 1 N–H and O–H groups in total. The molecule has 0 bridgehead atoms. The zero-order valence-electron chi connectivity index (χ0n) is 12.5. The summed E-state index contributed by atoms with van der Waals surface area (Å²) in [6.45, 7) is 7.82. The van der Waals surface area contributed by atoms with E-state index in [2.05, 4.69) is 20.8 Å². The monoisotopic (exact) mass is 300 g/mol. The number of carbonyl (C=O) groups is 2. The van der Waals surface area contributed by atoms with E-state index in [0.29, 0.717) is 5.75 Å². The maximum atomic E-state index is 12.7. The fraction of sp³-hybridized carbons (Fsp3) is 0.857. The van der Waals surface area contributed by atoms with Crippen molar-refractivity contribution in [3.8, 4) is 0 Å². The first-order valence-corrected chi connectivity index (χ1v) is 8.32. The first-order valence-electron chi connectivity index (χ1n) is 7.27. The molecule has 0 aliphatic carbocycles. The molecule has 2 fully saturated rings. The largest absolute Gasteiger partial charge is 0.480 e. The number of amides is 2. The average molecular weight is 300 g/mol. The number of likely N-dealkylation sites (tertiary alicyclic amines) is 1. The normalized spacial score (nSPS) is 28.9. The van der Waals surface area contributed by atoms with E-state index in [4.69, 9.17) is 0 Å². The van der Waals surface area contributed by atoms with Crippen LogP contribution in [-0.2, 0) is 4.79 Å².